The minimum atomic E-state index is -0.214. The Bertz CT molecular complexity index is 850. The van der Waals surface area contributed by atoms with Gasteiger partial charge in [0.05, 0.1) is 19.4 Å². The van der Waals surface area contributed by atoms with Gasteiger partial charge in [0.25, 0.3) is 0 Å². The van der Waals surface area contributed by atoms with Crippen molar-refractivity contribution in [2.24, 2.45) is 0 Å². The van der Waals surface area contributed by atoms with Gasteiger partial charge in [0.15, 0.2) is 0 Å². The summed E-state index contributed by atoms with van der Waals surface area (Å²) in [6.45, 7) is 1.80. The largest absolute Gasteiger partial charge is 0.491 e. The maximum Gasteiger partial charge on any atom is 0.322 e. The highest BCUT2D eigenvalue weighted by atomic mass is 16.5. The SMILES string of the molecule is COCCOc1cccc(NC(=O)N(Cc2ccccc2)Cc2ccco2)c1. The molecular weight excluding hydrogens is 356 g/mol. The second kappa shape index (κ2) is 10.2. The summed E-state index contributed by atoms with van der Waals surface area (Å²) in [5, 5.41) is 2.94. The number of hydrogen-bond donors (Lipinski definition) is 1. The normalized spacial score (nSPS) is 10.5. The van der Waals surface area contributed by atoms with Crippen LogP contribution in [0.25, 0.3) is 0 Å². The van der Waals surface area contributed by atoms with Crippen molar-refractivity contribution in [3.05, 3.63) is 84.3 Å². The van der Waals surface area contributed by atoms with Gasteiger partial charge in [0.1, 0.15) is 18.1 Å². The van der Waals surface area contributed by atoms with Crippen LogP contribution in [0.15, 0.2) is 77.4 Å². The number of carbonyl (C=O) groups excluding carboxylic acids is 1. The predicted octanol–water partition coefficient (Wildman–Crippen LogP) is 4.54. The molecule has 6 nitrogen and oxygen atoms in total. The number of nitrogens with zero attached hydrogens (tertiary/aromatic N) is 1. The van der Waals surface area contributed by atoms with Gasteiger partial charge in [-0.25, -0.2) is 4.79 Å². The zero-order chi connectivity index (χ0) is 19.6. The van der Waals surface area contributed by atoms with E-state index < -0.39 is 0 Å². The molecular formula is C22H24N2O4. The highest BCUT2D eigenvalue weighted by Gasteiger charge is 2.16. The van der Waals surface area contributed by atoms with Crippen LogP contribution in [0.4, 0.5) is 10.5 Å². The lowest BCUT2D eigenvalue weighted by molar-refractivity contribution is 0.146. The van der Waals surface area contributed by atoms with Gasteiger partial charge < -0.3 is 24.1 Å². The van der Waals surface area contributed by atoms with E-state index in [4.69, 9.17) is 13.9 Å². The molecule has 0 aliphatic rings. The first-order valence-corrected chi connectivity index (χ1v) is 9.08. The molecule has 6 heteroatoms. The molecule has 3 rings (SSSR count). The van der Waals surface area contributed by atoms with Gasteiger partial charge in [-0.2, -0.15) is 0 Å². The average molecular weight is 380 g/mol. The molecule has 0 unspecified atom stereocenters. The summed E-state index contributed by atoms with van der Waals surface area (Å²) in [6, 6.07) is 20.6. The molecule has 146 valence electrons. The number of urea groups is 1. The van der Waals surface area contributed by atoms with Crippen LogP contribution in [0.3, 0.4) is 0 Å². The maximum absolute atomic E-state index is 12.9. The van der Waals surface area contributed by atoms with Crippen LogP contribution in [0.1, 0.15) is 11.3 Å². The van der Waals surface area contributed by atoms with E-state index in [0.29, 0.717) is 37.7 Å². The molecule has 3 aromatic rings. The highest BCUT2D eigenvalue weighted by molar-refractivity contribution is 5.89. The minimum absolute atomic E-state index is 0.214. The molecule has 2 amide bonds. The van der Waals surface area contributed by atoms with Crippen molar-refractivity contribution in [3.63, 3.8) is 0 Å². The molecule has 0 radical (unpaired) electrons. The zero-order valence-electron chi connectivity index (χ0n) is 15.8. The number of benzene rings is 2. The Morgan fingerprint density at radius 3 is 2.61 bits per heavy atom. The summed E-state index contributed by atoms with van der Waals surface area (Å²) in [7, 11) is 1.63. The van der Waals surface area contributed by atoms with Crippen molar-refractivity contribution >= 4 is 11.7 Å². The van der Waals surface area contributed by atoms with Crippen molar-refractivity contribution in [3.8, 4) is 5.75 Å². The van der Waals surface area contributed by atoms with Crippen molar-refractivity contribution in [2.45, 2.75) is 13.1 Å². The fourth-order valence-electron chi connectivity index (χ4n) is 2.70. The van der Waals surface area contributed by atoms with Gasteiger partial charge in [-0.1, -0.05) is 36.4 Å². The highest BCUT2D eigenvalue weighted by Crippen LogP contribution is 2.19. The Morgan fingerprint density at radius 2 is 1.86 bits per heavy atom. The predicted molar refractivity (Wildman–Crippen MR) is 107 cm³/mol. The third-order valence-electron chi connectivity index (χ3n) is 4.07. The zero-order valence-corrected chi connectivity index (χ0v) is 15.8. The van der Waals surface area contributed by atoms with Gasteiger partial charge in [-0.05, 0) is 29.8 Å². The monoisotopic (exact) mass is 380 g/mol. The van der Waals surface area contributed by atoms with Crippen LogP contribution in [0, 0.1) is 0 Å². The van der Waals surface area contributed by atoms with Crippen LogP contribution in [-0.2, 0) is 17.8 Å². The average Bonchev–Trinajstić information content (AvgIpc) is 3.22. The van der Waals surface area contributed by atoms with Crippen LogP contribution in [-0.4, -0.2) is 31.3 Å². The second-order valence-corrected chi connectivity index (χ2v) is 6.22. The van der Waals surface area contributed by atoms with Gasteiger partial charge in [-0.3, -0.25) is 0 Å². The maximum atomic E-state index is 12.9. The summed E-state index contributed by atoms with van der Waals surface area (Å²) in [6.07, 6.45) is 1.61. The summed E-state index contributed by atoms with van der Waals surface area (Å²) in [5.74, 6) is 1.40. The lowest BCUT2D eigenvalue weighted by Crippen LogP contribution is -2.34. The Balaban J connectivity index is 1.69. The molecule has 1 N–H and O–H groups in total. The molecule has 0 fully saturated rings. The number of carbonyl (C=O) groups is 1. The molecule has 0 aliphatic carbocycles. The summed E-state index contributed by atoms with van der Waals surface area (Å²) in [4.78, 5) is 14.6. The lowest BCUT2D eigenvalue weighted by Gasteiger charge is -2.22. The number of methoxy groups -OCH3 is 1. The number of amides is 2. The third-order valence-corrected chi connectivity index (χ3v) is 4.07. The van der Waals surface area contributed by atoms with Crippen molar-refractivity contribution < 1.29 is 18.7 Å². The number of nitrogens with one attached hydrogen (secondary N) is 1. The first-order chi connectivity index (χ1) is 13.7. The number of furan rings is 1. The number of ether oxygens (including phenoxy) is 2. The van der Waals surface area contributed by atoms with E-state index in [-0.39, 0.29) is 6.03 Å². The number of hydrogen-bond acceptors (Lipinski definition) is 4. The standard InChI is InChI=1S/C22H24N2O4/c1-26-13-14-28-20-10-5-9-19(15-20)23-22(25)24(17-21-11-6-12-27-21)16-18-7-3-2-4-8-18/h2-12,15H,13-14,16-17H2,1H3,(H,23,25). The summed E-state index contributed by atoms with van der Waals surface area (Å²) >= 11 is 0. The van der Waals surface area contributed by atoms with Crippen LogP contribution in [0.5, 0.6) is 5.75 Å². The lowest BCUT2D eigenvalue weighted by atomic mass is 10.2. The molecule has 1 aromatic heterocycles. The Kier molecular flexibility index (Phi) is 7.09. The fourth-order valence-corrected chi connectivity index (χ4v) is 2.70. The molecule has 0 saturated heterocycles. The molecule has 1 heterocycles. The van der Waals surface area contributed by atoms with Crippen molar-refractivity contribution in [1.29, 1.82) is 0 Å². The second-order valence-electron chi connectivity index (χ2n) is 6.22. The fraction of sp³-hybridized carbons (Fsp3) is 0.227. The number of anilines is 1. The molecule has 0 bridgehead atoms. The number of rotatable bonds is 9. The first-order valence-electron chi connectivity index (χ1n) is 9.08. The van der Waals surface area contributed by atoms with Crippen molar-refractivity contribution in [1.82, 2.24) is 4.90 Å². The molecule has 0 spiro atoms. The summed E-state index contributed by atoms with van der Waals surface area (Å²) in [5.41, 5.74) is 1.71. The van der Waals surface area contributed by atoms with Crippen LogP contribution >= 0.6 is 0 Å². The Morgan fingerprint density at radius 1 is 1.00 bits per heavy atom. The molecule has 28 heavy (non-hydrogen) atoms. The molecule has 0 saturated carbocycles. The molecule has 0 aliphatic heterocycles. The van der Waals surface area contributed by atoms with Gasteiger partial charge >= 0.3 is 6.03 Å². The Labute approximate surface area is 164 Å². The third kappa shape index (κ3) is 5.89. The van der Waals surface area contributed by atoms with Gasteiger partial charge in [0.2, 0.25) is 0 Å². The van der Waals surface area contributed by atoms with E-state index in [9.17, 15) is 4.79 Å². The Hall–Kier alpha value is -3.25. The topological polar surface area (TPSA) is 63.9 Å². The van der Waals surface area contributed by atoms with Crippen molar-refractivity contribution in [2.75, 3.05) is 25.6 Å². The quantitative estimate of drug-likeness (QED) is 0.554. The molecule has 0 atom stereocenters. The van der Waals surface area contributed by atoms with E-state index in [1.54, 1.807) is 24.3 Å². The van der Waals surface area contributed by atoms with E-state index in [1.165, 1.54) is 0 Å². The van der Waals surface area contributed by atoms with Crippen LogP contribution in [0.2, 0.25) is 0 Å². The first kappa shape index (κ1) is 19.5. The van der Waals surface area contributed by atoms with Crippen LogP contribution < -0.4 is 10.1 Å². The van der Waals surface area contributed by atoms with Gasteiger partial charge in [0, 0.05) is 25.4 Å². The van der Waals surface area contributed by atoms with E-state index in [2.05, 4.69) is 5.32 Å². The smallest absolute Gasteiger partial charge is 0.322 e. The van der Waals surface area contributed by atoms with E-state index >= 15 is 0 Å². The van der Waals surface area contributed by atoms with E-state index in [0.717, 1.165) is 11.3 Å². The van der Waals surface area contributed by atoms with E-state index in [1.807, 2.05) is 60.7 Å². The van der Waals surface area contributed by atoms with Gasteiger partial charge in [-0.15, -0.1) is 0 Å². The summed E-state index contributed by atoms with van der Waals surface area (Å²) < 4.78 is 16.0. The minimum Gasteiger partial charge on any atom is -0.491 e. The molecule has 2 aromatic carbocycles.